The first-order valence-corrected chi connectivity index (χ1v) is 9.27. The number of aryl methyl sites for hydroxylation is 1. The molecule has 0 radical (unpaired) electrons. The van der Waals surface area contributed by atoms with Crippen LogP contribution in [0.15, 0.2) is 23.8 Å². The van der Waals surface area contributed by atoms with E-state index in [9.17, 15) is 15.2 Å². The highest BCUT2D eigenvalue weighted by Crippen LogP contribution is 2.53. The lowest BCUT2D eigenvalue weighted by Crippen LogP contribution is -2.45. The summed E-state index contributed by atoms with van der Waals surface area (Å²) in [5.41, 5.74) is 2.96. The molecule has 6 nitrogen and oxygen atoms in total. The first-order valence-electron chi connectivity index (χ1n) is 9.27. The number of aromatic hydroxyl groups is 1. The molecule has 0 aromatic heterocycles. The summed E-state index contributed by atoms with van der Waals surface area (Å²) in [5, 5.41) is 20.1. The van der Waals surface area contributed by atoms with Gasteiger partial charge in [0.15, 0.2) is 0 Å². The van der Waals surface area contributed by atoms with E-state index in [4.69, 9.17) is 4.74 Å². The number of hydrogen-bond donors (Lipinski definition) is 1. The van der Waals surface area contributed by atoms with E-state index in [1.165, 1.54) is 5.57 Å². The van der Waals surface area contributed by atoms with Gasteiger partial charge < -0.3 is 14.7 Å². The summed E-state index contributed by atoms with van der Waals surface area (Å²) >= 11 is 0. The average Bonchev–Trinajstić information content (AvgIpc) is 2.52. The molecule has 2 atom stereocenters. The minimum absolute atomic E-state index is 0.0985. The third kappa shape index (κ3) is 3.79. The predicted molar refractivity (Wildman–Crippen MR) is 97.9 cm³/mol. The molecule has 0 amide bonds. The Morgan fingerprint density at radius 1 is 1.38 bits per heavy atom. The molecule has 1 aliphatic heterocycles. The Hall–Kier alpha value is -2.24. The van der Waals surface area contributed by atoms with Crippen LogP contribution in [0.4, 0.5) is 0 Å². The quantitative estimate of drug-likeness (QED) is 0.348. The van der Waals surface area contributed by atoms with E-state index in [0.29, 0.717) is 18.8 Å². The zero-order chi connectivity index (χ0) is 18.9. The lowest BCUT2D eigenvalue weighted by atomic mass is 9.68. The fourth-order valence-electron chi connectivity index (χ4n) is 4.29. The molecule has 0 spiro atoms. The van der Waals surface area contributed by atoms with Gasteiger partial charge in [0.05, 0.1) is 6.61 Å². The minimum Gasteiger partial charge on any atom is -0.507 e. The van der Waals surface area contributed by atoms with E-state index < -0.39 is 5.09 Å². The van der Waals surface area contributed by atoms with E-state index in [2.05, 4.69) is 31.7 Å². The van der Waals surface area contributed by atoms with Gasteiger partial charge >= 0.3 is 0 Å². The maximum Gasteiger partial charge on any atom is 0.294 e. The van der Waals surface area contributed by atoms with Gasteiger partial charge in [-0.1, -0.05) is 11.6 Å². The normalized spacial score (nSPS) is 23.3. The largest absolute Gasteiger partial charge is 0.507 e. The zero-order valence-electron chi connectivity index (χ0n) is 15.7. The number of ether oxygens (including phenoxy) is 1. The van der Waals surface area contributed by atoms with Gasteiger partial charge in [0, 0.05) is 17.4 Å². The number of nitrogens with zero attached hydrogens (tertiary/aromatic N) is 1. The minimum atomic E-state index is -0.767. The second-order valence-electron chi connectivity index (χ2n) is 7.93. The number of hydrogen-bond acceptors (Lipinski definition) is 5. The van der Waals surface area contributed by atoms with Crippen molar-refractivity contribution in [1.29, 1.82) is 0 Å². The van der Waals surface area contributed by atoms with Crippen LogP contribution in [-0.2, 0) is 11.3 Å². The number of phenolic OH excluding ortho intramolecular Hbond substituents is 1. The van der Waals surface area contributed by atoms with Crippen LogP contribution >= 0.6 is 0 Å². The molecule has 26 heavy (non-hydrogen) atoms. The van der Waals surface area contributed by atoms with Gasteiger partial charge in [-0.25, -0.2) is 0 Å². The van der Waals surface area contributed by atoms with Crippen LogP contribution in [0.25, 0.3) is 0 Å². The van der Waals surface area contributed by atoms with Crippen molar-refractivity contribution in [3.63, 3.8) is 0 Å². The van der Waals surface area contributed by atoms with Gasteiger partial charge in [-0.2, -0.15) is 0 Å². The summed E-state index contributed by atoms with van der Waals surface area (Å²) in [4.78, 5) is 14.5. The monoisotopic (exact) mass is 361 g/mol. The van der Waals surface area contributed by atoms with Crippen molar-refractivity contribution in [2.24, 2.45) is 5.92 Å². The van der Waals surface area contributed by atoms with Gasteiger partial charge in [0.2, 0.25) is 0 Å². The molecule has 1 aromatic rings. The van der Waals surface area contributed by atoms with Crippen molar-refractivity contribution >= 4 is 0 Å². The Bertz CT molecular complexity index is 725. The molecule has 0 fully saturated rings. The first-order chi connectivity index (χ1) is 12.3. The van der Waals surface area contributed by atoms with Crippen LogP contribution in [0.5, 0.6) is 11.5 Å². The maximum absolute atomic E-state index is 10.7. The van der Waals surface area contributed by atoms with E-state index >= 15 is 0 Å². The van der Waals surface area contributed by atoms with Crippen molar-refractivity contribution in [2.75, 3.05) is 6.61 Å². The van der Waals surface area contributed by atoms with Crippen molar-refractivity contribution in [3.05, 3.63) is 45.0 Å². The van der Waals surface area contributed by atoms with E-state index in [1.807, 2.05) is 12.1 Å². The zero-order valence-corrected chi connectivity index (χ0v) is 15.7. The van der Waals surface area contributed by atoms with Crippen LogP contribution in [-0.4, -0.2) is 22.4 Å². The van der Waals surface area contributed by atoms with Crippen molar-refractivity contribution < 1.29 is 19.8 Å². The Morgan fingerprint density at radius 3 is 2.88 bits per heavy atom. The van der Waals surface area contributed by atoms with E-state index in [-0.39, 0.29) is 23.9 Å². The molecule has 142 valence electrons. The predicted octanol–water partition coefficient (Wildman–Crippen LogP) is 4.53. The van der Waals surface area contributed by atoms with Crippen molar-refractivity contribution in [1.82, 2.24) is 0 Å². The molecule has 1 N–H and O–H groups in total. The van der Waals surface area contributed by atoms with Crippen LogP contribution in [0, 0.1) is 16.0 Å². The SMILES string of the molecule is CC1=C[C@H]2c3c(O)cc(CCCCO[N+](=O)[O-])cc3OC(C)(C)[C@@H]2CC1. The fraction of sp³-hybridized carbons (Fsp3) is 0.600. The molecule has 0 saturated heterocycles. The van der Waals surface area contributed by atoms with Crippen LogP contribution in [0.2, 0.25) is 0 Å². The molecule has 6 heteroatoms. The highest BCUT2D eigenvalue weighted by Gasteiger charge is 2.45. The van der Waals surface area contributed by atoms with Gasteiger partial charge in [0.25, 0.3) is 5.09 Å². The highest BCUT2D eigenvalue weighted by atomic mass is 16.9. The summed E-state index contributed by atoms with van der Waals surface area (Å²) in [7, 11) is 0. The summed E-state index contributed by atoms with van der Waals surface area (Å²) in [5.74, 6) is 1.59. The van der Waals surface area contributed by atoms with Crippen LogP contribution < -0.4 is 4.74 Å². The topological polar surface area (TPSA) is 81.8 Å². The molecule has 1 aliphatic carbocycles. The summed E-state index contributed by atoms with van der Waals surface area (Å²) in [6.07, 6.45) is 6.49. The number of fused-ring (bicyclic) bond motifs is 3. The van der Waals surface area contributed by atoms with E-state index in [1.54, 1.807) is 0 Å². The fourth-order valence-corrected chi connectivity index (χ4v) is 4.29. The molecule has 1 aromatic carbocycles. The number of rotatable bonds is 6. The summed E-state index contributed by atoms with van der Waals surface area (Å²) in [6.45, 7) is 6.50. The lowest BCUT2D eigenvalue weighted by molar-refractivity contribution is -0.757. The Morgan fingerprint density at radius 2 is 2.15 bits per heavy atom. The molecule has 0 saturated carbocycles. The number of phenols is 1. The number of benzene rings is 1. The summed E-state index contributed by atoms with van der Waals surface area (Å²) < 4.78 is 6.30. The standard InChI is InChI=1S/C20H27NO5/c1-13-7-8-16-15(10-13)19-17(22)11-14(6-4-5-9-25-21(23)24)12-18(19)26-20(16,2)3/h10-12,15-16,22H,4-9H2,1-3H3/t15-,16-/m1/s1. The highest BCUT2D eigenvalue weighted by molar-refractivity contribution is 5.53. The first kappa shape index (κ1) is 18.5. The number of allylic oxidation sites excluding steroid dienone is 2. The molecule has 1 heterocycles. The van der Waals surface area contributed by atoms with Crippen molar-refractivity contribution in [3.8, 4) is 11.5 Å². The molecule has 3 rings (SSSR count). The molecular formula is C20H27NO5. The third-order valence-corrected chi connectivity index (χ3v) is 5.58. The second-order valence-corrected chi connectivity index (χ2v) is 7.93. The van der Waals surface area contributed by atoms with Gasteiger partial charge in [-0.15, -0.1) is 10.1 Å². The Balaban J connectivity index is 1.79. The molecule has 0 unspecified atom stereocenters. The smallest absolute Gasteiger partial charge is 0.294 e. The summed E-state index contributed by atoms with van der Waals surface area (Å²) in [6, 6.07) is 3.82. The van der Waals surface area contributed by atoms with Crippen LogP contribution in [0.1, 0.15) is 63.5 Å². The second kappa shape index (κ2) is 7.17. The Kier molecular flexibility index (Phi) is 5.12. The van der Waals surface area contributed by atoms with Gasteiger partial charge in [-0.05, 0) is 70.6 Å². The molecule has 0 bridgehead atoms. The van der Waals surface area contributed by atoms with E-state index in [0.717, 1.165) is 36.1 Å². The maximum atomic E-state index is 10.7. The van der Waals surface area contributed by atoms with Gasteiger partial charge in [-0.3, -0.25) is 0 Å². The molecular weight excluding hydrogens is 334 g/mol. The van der Waals surface area contributed by atoms with Crippen LogP contribution in [0.3, 0.4) is 0 Å². The van der Waals surface area contributed by atoms with Crippen molar-refractivity contribution in [2.45, 2.75) is 64.4 Å². The number of unbranched alkanes of at least 4 members (excludes halogenated alkanes) is 1. The Labute approximate surface area is 153 Å². The lowest BCUT2D eigenvalue weighted by Gasteiger charge is -2.46. The van der Waals surface area contributed by atoms with Gasteiger partial charge in [0.1, 0.15) is 17.1 Å². The molecule has 2 aliphatic rings. The third-order valence-electron chi connectivity index (χ3n) is 5.58. The average molecular weight is 361 g/mol.